The molecule has 3 rings (SSSR count). The van der Waals surface area contributed by atoms with Gasteiger partial charge in [0.1, 0.15) is 5.82 Å². The van der Waals surface area contributed by atoms with Crippen LogP contribution in [0.2, 0.25) is 5.02 Å². The van der Waals surface area contributed by atoms with E-state index in [2.05, 4.69) is 31.2 Å². The lowest BCUT2D eigenvalue weighted by Crippen LogP contribution is -1.99. The molecule has 0 amide bonds. The Labute approximate surface area is 136 Å². The van der Waals surface area contributed by atoms with Gasteiger partial charge in [-0.1, -0.05) is 39.7 Å². The normalized spacial score (nSPS) is 10.9. The molecule has 0 saturated heterocycles. The second-order valence-corrected chi connectivity index (χ2v) is 6.09. The maximum absolute atomic E-state index is 6.20. The molecule has 0 aliphatic heterocycles. The van der Waals surface area contributed by atoms with Crippen LogP contribution in [-0.2, 0) is 0 Å². The molecule has 0 spiro atoms. The Bertz CT molecular complexity index is 833. The average Bonchev–Trinajstić information content (AvgIpc) is 2.49. The van der Waals surface area contributed by atoms with Crippen molar-refractivity contribution in [1.82, 2.24) is 9.97 Å². The maximum Gasteiger partial charge on any atom is 0.162 e. The van der Waals surface area contributed by atoms with Gasteiger partial charge in [-0.2, -0.15) is 0 Å². The zero-order valence-electron chi connectivity index (χ0n) is 11.6. The lowest BCUT2D eigenvalue weighted by atomic mass is 10.1. The van der Waals surface area contributed by atoms with E-state index in [1.807, 2.05) is 50.4 Å². The van der Waals surface area contributed by atoms with Crippen LogP contribution in [0.3, 0.4) is 0 Å². The fourth-order valence-electron chi connectivity index (χ4n) is 2.15. The van der Waals surface area contributed by atoms with E-state index in [9.17, 15) is 0 Å². The van der Waals surface area contributed by atoms with Crippen molar-refractivity contribution < 1.29 is 0 Å². The van der Waals surface area contributed by atoms with Crippen molar-refractivity contribution in [2.45, 2.75) is 6.92 Å². The molecule has 2 aromatic carbocycles. The lowest BCUT2D eigenvalue weighted by Gasteiger charge is -2.09. The molecule has 0 saturated carbocycles. The number of anilines is 1. The number of rotatable bonds is 2. The number of nitrogens with one attached hydrogen (secondary N) is 1. The van der Waals surface area contributed by atoms with Crippen LogP contribution in [-0.4, -0.2) is 17.0 Å². The molecular weight excluding hydrogens is 350 g/mol. The predicted octanol–water partition coefficient (Wildman–Crippen LogP) is 5.06. The van der Waals surface area contributed by atoms with Gasteiger partial charge in [0.05, 0.1) is 5.52 Å². The zero-order chi connectivity index (χ0) is 15.0. The van der Waals surface area contributed by atoms with Crippen LogP contribution in [0.25, 0.3) is 22.3 Å². The minimum atomic E-state index is 0.663. The standard InChI is InChI=1S/C16H13BrClN3/c1-9-3-4-10(7-13(9)18)15-20-14-6-5-11(17)8-12(14)16(19-2)21-15/h3-8H,1-2H3,(H,19,20,21). The first-order valence-corrected chi connectivity index (χ1v) is 7.67. The van der Waals surface area contributed by atoms with E-state index in [4.69, 9.17) is 11.6 Å². The first kappa shape index (κ1) is 14.3. The molecule has 5 heteroatoms. The van der Waals surface area contributed by atoms with Crippen molar-refractivity contribution in [1.29, 1.82) is 0 Å². The van der Waals surface area contributed by atoms with Gasteiger partial charge in [-0.25, -0.2) is 9.97 Å². The number of hydrogen-bond acceptors (Lipinski definition) is 3. The molecule has 0 fully saturated rings. The quantitative estimate of drug-likeness (QED) is 0.692. The predicted molar refractivity (Wildman–Crippen MR) is 92.0 cm³/mol. The minimum Gasteiger partial charge on any atom is -0.373 e. The SMILES string of the molecule is CNc1nc(-c2ccc(C)c(Cl)c2)nc2ccc(Br)cc12. The number of hydrogen-bond donors (Lipinski definition) is 1. The van der Waals surface area contributed by atoms with Crippen LogP contribution in [0.1, 0.15) is 5.56 Å². The van der Waals surface area contributed by atoms with Gasteiger partial charge in [0.25, 0.3) is 0 Å². The number of nitrogens with zero attached hydrogens (tertiary/aromatic N) is 2. The van der Waals surface area contributed by atoms with E-state index in [1.54, 1.807) is 0 Å². The molecule has 0 aliphatic rings. The van der Waals surface area contributed by atoms with Crippen molar-refractivity contribution >= 4 is 44.3 Å². The molecule has 1 heterocycles. The summed E-state index contributed by atoms with van der Waals surface area (Å²) in [4.78, 5) is 9.24. The van der Waals surface area contributed by atoms with Gasteiger partial charge in [-0.3, -0.25) is 0 Å². The van der Waals surface area contributed by atoms with E-state index in [1.165, 1.54) is 0 Å². The molecule has 21 heavy (non-hydrogen) atoms. The molecule has 1 N–H and O–H groups in total. The zero-order valence-corrected chi connectivity index (χ0v) is 14.0. The van der Waals surface area contributed by atoms with Crippen molar-refractivity contribution in [3.05, 3.63) is 51.5 Å². The Balaban J connectivity index is 2.23. The third-order valence-electron chi connectivity index (χ3n) is 3.32. The lowest BCUT2D eigenvalue weighted by molar-refractivity contribution is 1.21. The molecule has 3 aromatic rings. The summed E-state index contributed by atoms with van der Waals surface area (Å²) in [5.41, 5.74) is 2.84. The third kappa shape index (κ3) is 2.74. The van der Waals surface area contributed by atoms with E-state index >= 15 is 0 Å². The van der Waals surface area contributed by atoms with Crippen LogP contribution >= 0.6 is 27.5 Å². The summed E-state index contributed by atoms with van der Waals surface area (Å²) in [6.07, 6.45) is 0. The number of halogens is 2. The van der Waals surface area contributed by atoms with Crippen LogP contribution < -0.4 is 5.32 Å². The van der Waals surface area contributed by atoms with Crippen molar-refractivity contribution in [3.8, 4) is 11.4 Å². The Hall–Kier alpha value is -1.65. The second-order valence-electron chi connectivity index (χ2n) is 4.77. The fraction of sp³-hybridized carbons (Fsp3) is 0.125. The van der Waals surface area contributed by atoms with E-state index < -0.39 is 0 Å². The summed E-state index contributed by atoms with van der Waals surface area (Å²) in [5, 5.41) is 4.83. The van der Waals surface area contributed by atoms with Crippen molar-refractivity contribution in [2.24, 2.45) is 0 Å². The van der Waals surface area contributed by atoms with Gasteiger partial charge < -0.3 is 5.32 Å². The number of aryl methyl sites for hydroxylation is 1. The van der Waals surface area contributed by atoms with Crippen LogP contribution in [0.15, 0.2) is 40.9 Å². The summed E-state index contributed by atoms with van der Waals surface area (Å²) in [6.45, 7) is 1.98. The molecule has 106 valence electrons. The van der Waals surface area contributed by atoms with Crippen LogP contribution in [0, 0.1) is 6.92 Å². The van der Waals surface area contributed by atoms with Gasteiger partial charge in [-0.15, -0.1) is 0 Å². The maximum atomic E-state index is 6.20. The van der Waals surface area contributed by atoms with Crippen LogP contribution in [0.5, 0.6) is 0 Å². The summed E-state index contributed by atoms with van der Waals surface area (Å²) < 4.78 is 1.00. The topological polar surface area (TPSA) is 37.8 Å². The number of aromatic nitrogens is 2. The molecule has 0 radical (unpaired) electrons. The molecule has 0 atom stereocenters. The summed E-state index contributed by atoms with van der Waals surface area (Å²) in [6, 6.07) is 11.8. The number of fused-ring (bicyclic) bond motifs is 1. The Morgan fingerprint density at radius 3 is 2.62 bits per heavy atom. The molecule has 0 aliphatic carbocycles. The highest BCUT2D eigenvalue weighted by atomic mass is 79.9. The second kappa shape index (κ2) is 5.62. The van der Waals surface area contributed by atoms with Gasteiger partial charge >= 0.3 is 0 Å². The summed E-state index contributed by atoms with van der Waals surface area (Å²) in [5.74, 6) is 1.46. The fourth-order valence-corrected chi connectivity index (χ4v) is 2.69. The van der Waals surface area contributed by atoms with Gasteiger partial charge in [0.15, 0.2) is 5.82 Å². The summed E-state index contributed by atoms with van der Waals surface area (Å²) in [7, 11) is 1.86. The molecule has 0 bridgehead atoms. The molecule has 3 nitrogen and oxygen atoms in total. The monoisotopic (exact) mass is 361 g/mol. The summed E-state index contributed by atoms with van der Waals surface area (Å²) >= 11 is 9.67. The van der Waals surface area contributed by atoms with Crippen molar-refractivity contribution in [2.75, 3.05) is 12.4 Å². The van der Waals surface area contributed by atoms with E-state index in [0.717, 1.165) is 37.3 Å². The third-order valence-corrected chi connectivity index (χ3v) is 4.23. The van der Waals surface area contributed by atoms with Gasteiger partial charge in [0, 0.05) is 27.5 Å². The highest BCUT2D eigenvalue weighted by Gasteiger charge is 2.10. The average molecular weight is 363 g/mol. The number of benzene rings is 2. The molecule has 0 unspecified atom stereocenters. The highest BCUT2D eigenvalue weighted by Crippen LogP contribution is 2.29. The smallest absolute Gasteiger partial charge is 0.162 e. The first-order chi connectivity index (χ1) is 10.1. The molecule has 1 aromatic heterocycles. The Kier molecular flexibility index (Phi) is 3.83. The Morgan fingerprint density at radius 1 is 1.10 bits per heavy atom. The molecular formula is C16H13BrClN3. The van der Waals surface area contributed by atoms with Gasteiger partial charge in [0.2, 0.25) is 0 Å². The largest absolute Gasteiger partial charge is 0.373 e. The first-order valence-electron chi connectivity index (χ1n) is 6.50. The van der Waals surface area contributed by atoms with Crippen LogP contribution in [0.4, 0.5) is 5.82 Å². The van der Waals surface area contributed by atoms with E-state index in [0.29, 0.717) is 5.82 Å². The van der Waals surface area contributed by atoms with Gasteiger partial charge in [-0.05, 0) is 36.8 Å². The highest BCUT2D eigenvalue weighted by molar-refractivity contribution is 9.10. The van der Waals surface area contributed by atoms with E-state index in [-0.39, 0.29) is 0 Å². The van der Waals surface area contributed by atoms with Crippen molar-refractivity contribution in [3.63, 3.8) is 0 Å². The Morgan fingerprint density at radius 2 is 1.90 bits per heavy atom. The minimum absolute atomic E-state index is 0.663.